The number of nitrogens with zero attached hydrogens (tertiary/aromatic N) is 2. The number of piperazine rings is 1. The minimum Gasteiger partial charge on any atom is -0.462 e. The Kier molecular flexibility index (Phi) is 8.59. The fourth-order valence-electron chi connectivity index (χ4n) is 5.07. The van der Waals surface area contributed by atoms with Gasteiger partial charge in [-0.3, -0.25) is 4.90 Å². The maximum absolute atomic E-state index is 11.9. The van der Waals surface area contributed by atoms with Gasteiger partial charge in [0.25, 0.3) is 0 Å². The van der Waals surface area contributed by atoms with Gasteiger partial charge in [-0.25, -0.2) is 4.79 Å². The second-order valence-electron chi connectivity index (χ2n) is 9.58. The first kappa shape index (κ1) is 25.8. The number of benzene rings is 2. The van der Waals surface area contributed by atoms with Crippen LogP contribution in [0.15, 0.2) is 54.1 Å². The molecule has 2 aliphatic rings. The molecule has 1 aliphatic heterocycles. The molecule has 0 saturated carbocycles. The van der Waals surface area contributed by atoms with Crippen molar-refractivity contribution in [2.45, 2.75) is 33.1 Å². The first-order valence-electron chi connectivity index (χ1n) is 12.2. The maximum atomic E-state index is 11.9. The molecule has 35 heavy (non-hydrogen) atoms. The zero-order chi connectivity index (χ0) is 24.8. The third-order valence-corrected chi connectivity index (χ3v) is 7.48. The summed E-state index contributed by atoms with van der Waals surface area (Å²) in [5.41, 5.74) is 5.96. The van der Waals surface area contributed by atoms with E-state index in [9.17, 15) is 4.79 Å². The minimum atomic E-state index is -0.266. The number of halogens is 2. The van der Waals surface area contributed by atoms with Crippen molar-refractivity contribution in [3.63, 3.8) is 0 Å². The fourth-order valence-corrected chi connectivity index (χ4v) is 5.68. The lowest BCUT2D eigenvalue weighted by molar-refractivity contribution is 0.0526. The van der Waals surface area contributed by atoms with E-state index in [1.807, 2.05) is 43.3 Å². The summed E-state index contributed by atoms with van der Waals surface area (Å²) in [7, 11) is 0. The normalized spacial score (nSPS) is 20.9. The van der Waals surface area contributed by atoms with Gasteiger partial charge in [0.05, 0.1) is 12.2 Å². The van der Waals surface area contributed by atoms with E-state index in [1.165, 1.54) is 16.7 Å². The molecular weight excluding hydrogens is 524 g/mol. The highest BCUT2D eigenvalue weighted by molar-refractivity contribution is 9.12. The molecule has 4 rings (SSSR count). The number of carbonyl (C=O) groups is 1. The first-order chi connectivity index (χ1) is 16.9. The topological polar surface area (TPSA) is 32.8 Å². The monoisotopic (exact) mass is 554 g/mol. The number of ether oxygens (including phenoxy) is 1. The predicted octanol–water partition coefficient (Wildman–Crippen LogP) is 6.64. The summed E-state index contributed by atoms with van der Waals surface area (Å²) in [5, 5.41) is 0.771. The van der Waals surface area contributed by atoms with E-state index in [4.69, 9.17) is 16.3 Å². The van der Waals surface area contributed by atoms with Crippen molar-refractivity contribution < 1.29 is 9.53 Å². The fraction of sp³-hybridized carbons (Fsp3) is 0.414. The van der Waals surface area contributed by atoms with Gasteiger partial charge in [-0.05, 0) is 85.5 Å². The molecule has 0 spiro atoms. The molecule has 2 aromatic rings. The highest BCUT2D eigenvalue weighted by atomic mass is 79.9. The molecule has 0 amide bonds. The Hall–Kier alpha value is -2.26. The van der Waals surface area contributed by atoms with Crippen molar-refractivity contribution in [3.8, 4) is 10.8 Å². The predicted molar refractivity (Wildman–Crippen MR) is 148 cm³/mol. The van der Waals surface area contributed by atoms with Crippen LogP contribution in [-0.2, 0) is 4.74 Å². The van der Waals surface area contributed by atoms with Gasteiger partial charge in [0.2, 0.25) is 0 Å². The van der Waals surface area contributed by atoms with Crippen LogP contribution in [0.5, 0.6) is 0 Å². The SMILES string of the molecule is CCOC(=O)c1ccc(N2CCN(CC3=C(c4ccc(Cl)cc4)CCC(C)(C#CBr)C3)CC2)cc1. The summed E-state index contributed by atoms with van der Waals surface area (Å²) in [6, 6.07) is 16.0. The molecular formula is C29H32BrClN2O2. The largest absolute Gasteiger partial charge is 0.462 e. The lowest BCUT2D eigenvalue weighted by atomic mass is 9.72. The van der Waals surface area contributed by atoms with Crippen molar-refractivity contribution in [1.82, 2.24) is 4.90 Å². The quantitative estimate of drug-likeness (QED) is 0.296. The molecule has 1 unspecified atom stereocenters. The van der Waals surface area contributed by atoms with Crippen LogP contribution >= 0.6 is 27.5 Å². The molecule has 0 radical (unpaired) electrons. The lowest BCUT2D eigenvalue weighted by Crippen LogP contribution is -2.47. The van der Waals surface area contributed by atoms with E-state index in [-0.39, 0.29) is 11.4 Å². The molecule has 0 aromatic heterocycles. The van der Waals surface area contributed by atoms with E-state index in [0.717, 1.165) is 62.7 Å². The second kappa shape index (κ2) is 11.6. The van der Waals surface area contributed by atoms with Crippen molar-refractivity contribution in [2.75, 3.05) is 44.2 Å². The van der Waals surface area contributed by atoms with Crippen molar-refractivity contribution >= 4 is 44.8 Å². The van der Waals surface area contributed by atoms with Gasteiger partial charge >= 0.3 is 5.97 Å². The number of anilines is 1. The number of carbonyl (C=O) groups excluding carboxylic acids is 1. The van der Waals surface area contributed by atoms with Crippen molar-refractivity contribution in [2.24, 2.45) is 5.41 Å². The van der Waals surface area contributed by atoms with Gasteiger partial charge in [0.15, 0.2) is 0 Å². The van der Waals surface area contributed by atoms with Crippen LogP contribution < -0.4 is 4.90 Å². The Morgan fingerprint density at radius 1 is 1.09 bits per heavy atom. The smallest absolute Gasteiger partial charge is 0.338 e. The van der Waals surface area contributed by atoms with Crippen LogP contribution in [0.3, 0.4) is 0 Å². The van der Waals surface area contributed by atoms with Crippen LogP contribution in [0, 0.1) is 16.2 Å². The zero-order valence-electron chi connectivity index (χ0n) is 20.4. The summed E-state index contributed by atoms with van der Waals surface area (Å²) in [6.45, 7) is 9.37. The van der Waals surface area contributed by atoms with Crippen LogP contribution in [0.4, 0.5) is 5.69 Å². The highest BCUT2D eigenvalue weighted by Crippen LogP contribution is 2.43. The van der Waals surface area contributed by atoms with E-state index < -0.39 is 0 Å². The number of rotatable bonds is 6. The van der Waals surface area contributed by atoms with E-state index in [1.54, 1.807) is 0 Å². The second-order valence-corrected chi connectivity index (χ2v) is 10.4. The Morgan fingerprint density at radius 3 is 2.40 bits per heavy atom. The van der Waals surface area contributed by atoms with E-state index in [0.29, 0.717) is 12.2 Å². The average Bonchev–Trinajstić information content (AvgIpc) is 2.86. The molecule has 2 aromatic carbocycles. The molecule has 1 saturated heterocycles. The molecule has 0 N–H and O–H groups in total. The average molecular weight is 556 g/mol. The molecule has 184 valence electrons. The Balaban J connectivity index is 1.45. The van der Waals surface area contributed by atoms with Gasteiger partial charge in [0, 0.05) is 64.8 Å². The number of allylic oxidation sites excluding steroid dienone is 1. The first-order valence-corrected chi connectivity index (χ1v) is 13.4. The lowest BCUT2D eigenvalue weighted by Gasteiger charge is -2.39. The van der Waals surface area contributed by atoms with Crippen molar-refractivity contribution in [1.29, 1.82) is 0 Å². The van der Waals surface area contributed by atoms with Crippen LogP contribution in [0.1, 0.15) is 49.0 Å². The van der Waals surface area contributed by atoms with Crippen LogP contribution in [0.2, 0.25) is 5.02 Å². The van der Waals surface area contributed by atoms with Crippen molar-refractivity contribution in [3.05, 3.63) is 70.3 Å². The number of hydrogen-bond acceptors (Lipinski definition) is 4. The van der Waals surface area contributed by atoms with Crippen LogP contribution in [0.25, 0.3) is 5.57 Å². The summed E-state index contributed by atoms with van der Waals surface area (Å²) in [5.74, 6) is 3.14. The molecule has 6 heteroatoms. The van der Waals surface area contributed by atoms with Crippen LogP contribution in [-0.4, -0.2) is 50.2 Å². The van der Waals surface area contributed by atoms with Gasteiger partial charge in [-0.2, -0.15) is 0 Å². The Morgan fingerprint density at radius 2 is 1.77 bits per heavy atom. The highest BCUT2D eigenvalue weighted by Gasteiger charge is 2.31. The summed E-state index contributed by atoms with van der Waals surface area (Å²) in [4.78, 5) is 19.9. The summed E-state index contributed by atoms with van der Waals surface area (Å²) >= 11 is 9.48. The van der Waals surface area contributed by atoms with E-state index >= 15 is 0 Å². The van der Waals surface area contributed by atoms with Gasteiger partial charge in [0.1, 0.15) is 0 Å². The van der Waals surface area contributed by atoms with Gasteiger partial charge in [-0.15, -0.1) is 0 Å². The molecule has 0 bridgehead atoms. The number of esters is 1. The zero-order valence-corrected chi connectivity index (χ0v) is 22.8. The molecule has 1 heterocycles. The maximum Gasteiger partial charge on any atom is 0.338 e. The molecule has 1 fully saturated rings. The molecule has 1 atom stereocenters. The van der Waals surface area contributed by atoms with Gasteiger partial charge < -0.3 is 9.64 Å². The number of hydrogen-bond donors (Lipinski definition) is 0. The third-order valence-electron chi connectivity index (χ3n) is 7.03. The van der Waals surface area contributed by atoms with E-state index in [2.05, 4.69) is 55.5 Å². The Labute approximate surface area is 222 Å². The Bertz CT molecular complexity index is 1130. The minimum absolute atomic E-state index is 0.00273. The summed E-state index contributed by atoms with van der Waals surface area (Å²) in [6.07, 6.45) is 3.07. The molecule has 1 aliphatic carbocycles. The standard InChI is InChI=1S/C29H32BrClN2O2/c1-3-35-28(34)23-6-10-26(11-7-23)33-18-16-32(17-19-33)21-24-20-29(2,14-15-30)13-12-27(24)22-4-8-25(31)9-5-22/h4-11H,3,12-13,16-21H2,1-2H3. The third kappa shape index (κ3) is 6.50. The summed E-state index contributed by atoms with van der Waals surface area (Å²) < 4.78 is 5.09. The molecule has 4 nitrogen and oxygen atoms in total. The van der Waals surface area contributed by atoms with Gasteiger partial charge in [-0.1, -0.05) is 35.2 Å².